The number of rotatable bonds is 3. The van der Waals surface area contributed by atoms with Crippen molar-refractivity contribution < 1.29 is 4.74 Å². The molecule has 1 aromatic carbocycles. The molecule has 19 heavy (non-hydrogen) atoms. The first-order valence-corrected chi connectivity index (χ1v) is 7.05. The Kier molecular flexibility index (Phi) is 4.43. The van der Waals surface area contributed by atoms with Crippen LogP contribution in [0.3, 0.4) is 0 Å². The van der Waals surface area contributed by atoms with Crippen LogP contribution >= 0.6 is 0 Å². The Morgan fingerprint density at radius 1 is 1.16 bits per heavy atom. The predicted octanol–water partition coefficient (Wildman–Crippen LogP) is 3.33. The molecule has 0 radical (unpaired) electrons. The second kappa shape index (κ2) is 5.89. The first kappa shape index (κ1) is 14.3. The SMILES string of the molecule is C=C(CN1CCOCC1)c1ccc(C(C)(C)C)cc1. The molecule has 0 saturated carbocycles. The average molecular weight is 259 g/mol. The highest BCUT2D eigenvalue weighted by Gasteiger charge is 2.15. The summed E-state index contributed by atoms with van der Waals surface area (Å²) in [6.45, 7) is 15.6. The van der Waals surface area contributed by atoms with Crippen molar-refractivity contribution in [2.24, 2.45) is 0 Å². The van der Waals surface area contributed by atoms with E-state index < -0.39 is 0 Å². The monoisotopic (exact) mass is 259 g/mol. The average Bonchev–Trinajstić information content (AvgIpc) is 2.39. The molecular formula is C17H25NO. The Morgan fingerprint density at radius 3 is 2.26 bits per heavy atom. The molecule has 0 unspecified atom stereocenters. The van der Waals surface area contributed by atoms with Gasteiger partial charge in [-0.15, -0.1) is 0 Å². The molecule has 2 rings (SSSR count). The Morgan fingerprint density at radius 2 is 1.74 bits per heavy atom. The lowest BCUT2D eigenvalue weighted by molar-refractivity contribution is 0.0444. The summed E-state index contributed by atoms with van der Waals surface area (Å²) < 4.78 is 5.37. The van der Waals surface area contributed by atoms with Crippen molar-refractivity contribution >= 4 is 5.57 Å². The third-order valence-electron chi connectivity index (χ3n) is 3.68. The number of ether oxygens (including phenoxy) is 1. The maximum Gasteiger partial charge on any atom is 0.0594 e. The molecule has 0 N–H and O–H groups in total. The lowest BCUT2D eigenvalue weighted by Crippen LogP contribution is -2.37. The zero-order chi connectivity index (χ0) is 13.9. The van der Waals surface area contributed by atoms with Gasteiger partial charge in [0.25, 0.3) is 0 Å². The number of morpholine rings is 1. The molecule has 1 heterocycles. The number of nitrogens with zero attached hydrogens (tertiary/aromatic N) is 1. The number of hydrogen-bond donors (Lipinski definition) is 0. The summed E-state index contributed by atoms with van der Waals surface area (Å²) in [5, 5.41) is 0. The summed E-state index contributed by atoms with van der Waals surface area (Å²) in [4.78, 5) is 2.41. The van der Waals surface area contributed by atoms with Crippen molar-refractivity contribution in [2.45, 2.75) is 26.2 Å². The lowest BCUT2D eigenvalue weighted by atomic mass is 9.86. The zero-order valence-electron chi connectivity index (χ0n) is 12.4. The topological polar surface area (TPSA) is 12.5 Å². The molecule has 0 aromatic heterocycles. The second-order valence-electron chi connectivity index (χ2n) is 6.32. The zero-order valence-corrected chi connectivity index (χ0v) is 12.4. The minimum atomic E-state index is 0.212. The van der Waals surface area contributed by atoms with Crippen molar-refractivity contribution in [1.29, 1.82) is 0 Å². The molecule has 0 spiro atoms. The standard InChI is InChI=1S/C17H25NO/c1-14(13-18-9-11-19-12-10-18)15-5-7-16(8-6-15)17(2,3)4/h5-8H,1,9-13H2,2-4H3. The van der Waals surface area contributed by atoms with Gasteiger partial charge in [0.05, 0.1) is 13.2 Å². The molecule has 0 bridgehead atoms. The normalized spacial score (nSPS) is 17.4. The van der Waals surface area contributed by atoms with E-state index in [1.165, 1.54) is 16.7 Å². The summed E-state index contributed by atoms with van der Waals surface area (Å²) in [5.41, 5.74) is 4.03. The van der Waals surface area contributed by atoms with E-state index in [2.05, 4.69) is 56.5 Å². The van der Waals surface area contributed by atoms with Gasteiger partial charge in [-0.05, 0) is 22.1 Å². The fourth-order valence-electron chi connectivity index (χ4n) is 2.33. The molecule has 1 aliphatic heterocycles. The van der Waals surface area contributed by atoms with Crippen LogP contribution in [0, 0.1) is 0 Å². The van der Waals surface area contributed by atoms with Gasteiger partial charge < -0.3 is 4.74 Å². The van der Waals surface area contributed by atoms with E-state index in [-0.39, 0.29) is 5.41 Å². The Bertz CT molecular complexity index is 422. The highest BCUT2D eigenvalue weighted by atomic mass is 16.5. The van der Waals surface area contributed by atoms with Crippen LogP contribution in [0.25, 0.3) is 5.57 Å². The predicted molar refractivity (Wildman–Crippen MR) is 81.4 cm³/mol. The van der Waals surface area contributed by atoms with Gasteiger partial charge in [0.1, 0.15) is 0 Å². The highest BCUT2D eigenvalue weighted by Crippen LogP contribution is 2.24. The van der Waals surface area contributed by atoms with Gasteiger partial charge in [0.15, 0.2) is 0 Å². The smallest absolute Gasteiger partial charge is 0.0594 e. The molecule has 1 fully saturated rings. The first-order chi connectivity index (χ1) is 8.97. The van der Waals surface area contributed by atoms with Crippen LogP contribution in [0.1, 0.15) is 31.9 Å². The molecule has 0 amide bonds. The van der Waals surface area contributed by atoms with Crippen molar-refractivity contribution in [3.05, 3.63) is 42.0 Å². The molecule has 1 aromatic rings. The van der Waals surface area contributed by atoms with Gasteiger partial charge in [-0.25, -0.2) is 0 Å². The van der Waals surface area contributed by atoms with E-state index in [4.69, 9.17) is 4.74 Å². The summed E-state index contributed by atoms with van der Waals surface area (Å²) in [7, 11) is 0. The van der Waals surface area contributed by atoms with Crippen LogP contribution in [0.5, 0.6) is 0 Å². The fourth-order valence-corrected chi connectivity index (χ4v) is 2.33. The van der Waals surface area contributed by atoms with Gasteiger partial charge >= 0.3 is 0 Å². The number of hydrogen-bond acceptors (Lipinski definition) is 2. The van der Waals surface area contributed by atoms with Gasteiger partial charge in [0.2, 0.25) is 0 Å². The fraction of sp³-hybridized carbons (Fsp3) is 0.529. The van der Waals surface area contributed by atoms with Gasteiger partial charge in [-0.1, -0.05) is 51.6 Å². The third kappa shape index (κ3) is 3.92. The minimum absolute atomic E-state index is 0.212. The van der Waals surface area contributed by atoms with E-state index in [1.807, 2.05) is 0 Å². The van der Waals surface area contributed by atoms with E-state index in [0.29, 0.717) is 0 Å². The summed E-state index contributed by atoms with van der Waals surface area (Å²) >= 11 is 0. The molecule has 1 aliphatic rings. The van der Waals surface area contributed by atoms with E-state index in [0.717, 1.165) is 32.8 Å². The summed E-state index contributed by atoms with van der Waals surface area (Å²) in [6, 6.07) is 8.84. The van der Waals surface area contributed by atoms with Crippen LogP contribution in [0.2, 0.25) is 0 Å². The first-order valence-electron chi connectivity index (χ1n) is 7.05. The summed E-state index contributed by atoms with van der Waals surface area (Å²) in [6.07, 6.45) is 0. The Hall–Kier alpha value is -1.12. The molecule has 104 valence electrons. The van der Waals surface area contributed by atoms with Crippen LogP contribution in [0.15, 0.2) is 30.8 Å². The lowest BCUT2D eigenvalue weighted by Gasteiger charge is -2.27. The Labute approximate surface area is 117 Å². The molecule has 0 aliphatic carbocycles. The molecule has 2 heteroatoms. The van der Waals surface area contributed by atoms with Crippen molar-refractivity contribution in [1.82, 2.24) is 4.90 Å². The van der Waals surface area contributed by atoms with Crippen LogP contribution in [-0.4, -0.2) is 37.7 Å². The van der Waals surface area contributed by atoms with Gasteiger partial charge in [-0.2, -0.15) is 0 Å². The van der Waals surface area contributed by atoms with Gasteiger partial charge in [-0.3, -0.25) is 4.90 Å². The Balaban J connectivity index is 1.99. The maximum absolute atomic E-state index is 5.37. The van der Waals surface area contributed by atoms with E-state index >= 15 is 0 Å². The quantitative estimate of drug-likeness (QED) is 0.825. The van der Waals surface area contributed by atoms with E-state index in [9.17, 15) is 0 Å². The van der Waals surface area contributed by atoms with E-state index in [1.54, 1.807) is 0 Å². The van der Waals surface area contributed by atoms with Crippen molar-refractivity contribution in [3.63, 3.8) is 0 Å². The van der Waals surface area contributed by atoms with Crippen molar-refractivity contribution in [3.8, 4) is 0 Å². The molecule has 2 nitrogen and oxygen atoms in total. The second-order valence-corrected chi connectivity index (χ2v) is 6.32. The third-order valence-corrected chi connectivity index (χ3v) is 3.68. The maximum atomic E-state index is 5.37. The molecule has 0 atom stereocenters. The number of benzene rings is 1. The van der Waals surface area contributed by atoms with Crippen LogP contribution < -0.4 is 0 Å². The minimum Gasteiger partial charge on any atom is -0.379 e. The van der Waals surface area contributed by atoms with Gasteiger partial charge in [0, 0.05) is 19.6 Å². The molecular weight excluding hydrogens is 234 g/mol. The van der Waals surface area contributed by atoms with Crippen LogP contribution in [0.4, 0.5) is 0 Å². The largest absolute Gasteiger partial charge is 0.379 e. The summed E-state index contributed by atoms with van der Waals surface area (Å²) in [5.74, 6) is 0. The van der Waals surface area contributed by atoms with Crippen molar-refractivity contribution in [2.75, 3.05) is 32.8 Å². The molecule has 1 saturated heterocycles. The highest BCUT2D eigenvalue weighted by molar-refractivity contribution is 5.65. The van der Waals surface area contributed by atoms with Crippen LogP contribution in [-0.2, 0) is 10.2 Å².